The molecule has 202 valence electrons. The van der Waals surface area contributed by atoms with Crippen molar-refractivity contribution in [1.29, 1.82) is 0 Å². The van der Waals surface area contributed by atoms with E-state index in [0.717, 1.165) is 0 Å². The van der Waals surface area contributed by atoms with Gasteiger partial charge in [0.25, 0.3) is 0 Å². The number of hydrogen-bond acceptors (Lipinski definition) is 6. The molecule has 0 N–H and O–H groups in total. The summed E-state index contributed by atoms with van der Waals surface area (Å²) in [6.45, 7) is 0. The Morgan fingerprint density at radius 2 is 0.861 bits per heavy atom. The van der Waals surface area contributed by atoms with E-state index >= 15 is 0 Å². The Kier molecular flexibility index (Phi) is 8.03. The van der Waals surface area contributed by atoms with Crippen molar-refractivity contribution in [2.24, 2.45) is 0 Å². The molecule has 2 rings (SSSR count). The summed E-state index contributed by atoms with van der Waals surface area (Å²) in [5.74, 6) is -3.27. The largest absolute Gasteiger partial charge is 0.475 e. The minimum atomic E-state index is -5.99. The first-order valence-corrected chi connectivity index (χ1v) is 12.7. The summed E-state index contributed by atoms with van der Waals surface area (Å²) in [6, 6.07) is 1.97. The SMILES string of the molecule is O=S(=O)(F)c1cc(-c2ccc(OC(F)(F)C(F)(F)Br)c(S(=O)(=O)F)c2)ccc1OC(F)(F)C(F)(F)Br. The van der Waals surface area contributed by atoms with Crippen LogP contribution in [0.25, 0.3) is 11.1 Å². The van der Waals surface area contributed by atoms with Crippen LogP contribution in [0.1, 0.15) is 0 Å². The van der Waals surface area contributed by atoms with Gasteiger partial charge in [0.1, 0.15) is 21.3 Å². The minimum Gasteiger partial charge on any atom is -0.426 e. The molecule has 0 heterocycles. The van der Waals surface area contributed by atoms with Crippen LogP contribution in [0.15, 0.2) is 46.2 Å². The Balaban J connectivity index is 2.67. The first-order valence-electron chi connectivity index (χ1n) is 8.32. The zero-order valence-corrected chi connectivity index (χ0v) is 21.1. The Hall–Kier alpha value is -1.80. The molecule has 0 saturated carbocycles. The molecule has 2 aromatic rings. The molecule has 0 fully saturated rings. The van der Waals surface area contributed by atoms with Gasteiger partial charge in [0, 0.05) is 31.9 Å². The second kappa shape index (κ2) is 9.50. The van der Waals surface area contributed by atoms with E-state index in [1.54, 1.807) is 0 Å². The topological polar surface area (TPSA) is 86.7 Å². The highest BCUT2D eigenvalue weighted by Crippen LogP contribution is 2.45. The third-order valence-corrected chi connectivity index (χ3v) is 6.49. The number of halogens is 12. The van der Waals surface area contributed by atoms with E-state index in [1.807, 2.05) is 0 Å². The highest BCUT2D eigenvalue weighted by molar-refractivity contribution is 9.10. The molecular weight excluding hydrogens is 702 g/mol. The number of ether oxygens (including phenoxy) is 2. The van der Waals surface area contributed by atoms with Crippen LogP contribution in [0.5, 0.6) is 11.5 Å². The van der Waals surface area contributed by atoms with Crippen molar-refractivity contribution in [3.8, 4) is 22.6 Å². The Morgan fingerprint density at radius 3 is 1.08 bits per heavy atom. The van der Waals surface area contributed by atoms with Gasteiger partial charge in [0.05, 0.1) is 0 Å². The highest BCUT2D eigenvalue weighted by atomic mass is 79.9. The maximum Gasteiger partial charge on any atom is 0.475 e. The molecule has 0 saturated heterocycles. The van der Waals surface area contributed by atoms with Crippen LogP contribution in [0.4, 0.5) is 42.9 Å². The standard InChI is InChI=1S/C16H6Br2F10O6S2/c17-13(19,20)15(23,24)33-9-3-1-7(5-11(9)35(27,29)30)8-2-4-10(12(6-8)36(28,31)32)34-16(25,26)14(18,21)22/h1-6H. The van der Waals surface area contributed by atoms with Gasteiger partial charge < -0.3 is 9.47 Å². The van der Waals surface area contributed by atoms with E-state index in [-0.39, 0.29) is 24.3 Å². The molecule has 36 heavy (non-hydrogen) atoms. The lowest BCUT2D eigenvalue weighted by molar-refractivity contribution is -0.267. The van der Waals surface area contributed by atoms with Crippen LogP contribution < -0.4 is 9.47 Å². The lowest BCUT2D eigenvalue weighted by Gasteiger charge is -2.23. The molecule has 6 nitrogen and oxygen atoms in total. The van der Waals surface area contributed by atoms with Crippen LogP contribution in [-0.2, 0) is 20.4 Å². The van der Waals surface area contributed by atoms with E-state index < -0.39 is 74.7 Å². The van der Waals surface area contributed by atoms with Gasteiger partial charge in [-0.05, 0) is 35.4 Å². The lowest BCUT2D eigenvalue weighted by Crippen LogP contribution is -2.40. The van der Waals surface area contributed by atoms with Crippen molar-refractivity contribution < 1.29 is 69.2 Å². The molecule has 0 atom stereocenters. The van der Waals surface area contributed by atoms with Crippen molar-refractivity contribution in [3.63, 3.8) is 0 Å². The third kappa shape index (κ3) is 6.74. The average molecular weight is 708 g/mol. The molecule has 0 amide bonds. The van der Waals surface area contributed by atoms with E-state index in [4.69, 9.17) is 0 Å². The molecule has 0 aliphatic heterocycles. The molecule has 0 unspecified atom stereocenters. The minimum absolute atomic E-state index is 0.166. The zero-order valence-electron chi connectivity index (χ0n) is 16.3. The van der Waals surface area contributed by atoms with Crippen molar-refractivity contribution in [3.05, 3.63) is 36.4 Å². The monoisotopic (exact) mass is 706 g/mol. The Morgan fingerprint density at radius 1 is 0.583 bits per heavy atom. The number of benzene rings is 2. The number of alkyl halides is 10. The first-order chi connectivity index (χ1) is 15.9. The number of hydrogen-bond donors (Lipinski definition) is 0. The van der Waals surface area contributed by atoms with Gasteiger partial charge in [-0.15, -0.1) is 7.77 Å². The van der Waals surface area contributed by atoms with Crippen LogP contribution >= 0.6 is 31.9 Å². The lowest BCUT2D eigenvalue weighted by atomic mass is 10.1. The molecule has 20 heteroatoms. The summed E-state index contributed by atoms with van der Waals surface area (Å²) in [6.07, 6.45) is -10.8. The fraction of sp³-hybridized carbons (Fsp3) is 0.250. The predicted molar refractivity (Wildman–Crippen MR) is 107 cm³/mol. The van der Waals surface area contributed by atoms with Crippen LogP contribution in [0, 0.1) is 0 Å². The van der Waals surface area contributed by atoms with E-state index in [1.165, 1.54) is 31.9 Å². The Labute approximate surface area is 211 Å². The molecule has 0 spiro atoms. The second-order valence-corrected chi connectivity index (χ2v) is 11.1. The third-order valence-electron chi connectivity index (χ3n) is 3.88. The first kappa shape index (κ1) is 30.4. The molecule has 0 aliphatic rings. The van der Waals surface area contributed by atoms with Gasteiger partial charge in [-0.1, -0.05) is 12.1 Å². The van der Waals surface area contributed by atoms with E-state index in [2.05, 4.69) is 9.47 Å². The Bertz CT molecular complexity index is 1270. The summed E-state index contributed by atoms with van der Waals surface area (Å²) < 4.78 is 186. The normalized spacial score (nSPS) is 14.0. The van der Waals surface area contributed by atoms with Crippen molar-refractivity contribution in [2.75, 3.05) is 0 Å². The maximum atomic E-state index is 13.7. The van der Waals surface area contributed by atoms with Gasteiger partial charge in [-0.25, -0.2) is 0 Å². The average Bonchev–Trinajstić information content (AvgIpc) is 2.64. The fourth-order valence-electron chi connectivity index (χ4n) is 2.32. The van der Waals surface area contributed by atoms with E-state index in [9.17, 15) is 59.7 Å². The van der Waals surface area contributed by atoms with Gasteiger partial charge in [0.15, 0.2) is 0 Å². The van der Waals surface area contributed by atoms with Crippen molar-refractivity contribution in [1.82, 2.24) is 0 Å². The van der Waals surface area contributed by atoms with Crippen LogP contribution in [0.3, 0.4) is 0 Å². The maximum absolute atomic E-state index is 13.7. The molecule has 0 radical (unpaired) electrons. The quantitative estimate of drug-likeness (QED) is 0.166. The van der Waals surface area contributed by atoms with Crippen LogP contribution in [0.2, 0.25) is 0 Å². The summed E-state index contributed by atoms with van der Waals surface area (Å²) in [5.41, 5.74) is -1.27. The van der Waals surface area contributed by atoms with Gasteiger partial charge in [-0.3, -0.25) is 0 Å². The predicted octanol–water partition coefficient (Wildman–Crippen LogP) is 6.59. The molecule has 0 aliphatic carbocycles. The molecule has 0 bridgehead atoms. The molecular formula is C16H6Br2F10O6S2. The van der Waals surface area contributed by atoms with E-state index in [0.29, 0.717) is 12.1 Å². The van der Waals surface area contributed by atoms with Gasteiger partial charge in [0.2, 0.25) is 0 Å². The summed E-state index contributed by atoms with van der Waals surface area (Å²) in [7, 11) is -12.0. The summed E-state index contributed by atoms with van der Waals surface area (Å²) in [5, 5.41) is 0. The zero-order chi connectivity index (χ0) is 28.1. The smallest absolute Gasteiger partial charge is 0.426 e. The molecule has 2 aromatic carbocycles. The summed E-state index contributed by atoms with van der Waals surface area (Å²) in [4.78, 5) is -13.6. The summed E-state index contributed by atoms with van der Waals surface area (Å²) >= 11 is 2.58. The number of rotatable bonds is 9. The van der Waals surface area contributed by atoms with Gasteiger partial charge in [-0.2, -0.15) is 52.0 Å². The molecule has 0 aromatic heterocycles. The fourth-order valence-corrected chi connectivity index (χ4v) is 3.71. The highest BCUT2D eigenvalue weighted by Gasteiger charge is 2.59. The van der Waals surface area contributed by atoms with Crippen LogP contribution in [-0.4, -0.2) is 38.7 Å². The second-order valence-electron chi connectivity index (χ2n) is 6.43. The van der Waals surface area contributed by atoms with Crippen molar-refractivity contribution in [2.45, 2.75) is 31.7 Å². The van der Waals surface area contributed by atoms with Gasteiger partial charge >= 0.3 is 42.3 Å². The van der Waals surface area contributed by atoms with Crippen molar-refractivity contribution >= 4 is 52.3 Å².